The molecule has 0 radical (unpaired) electrons. The average molecular weight is 231 g/mol. The molecule has 0 saturated carbocycles. The van der Waals surface area contributed by atoms with Crippen LogP contribution in [0.25, 0.3) is 0 Å². The van der Waals surface area contributed by atoms with Crippen LogP contribution < -0.4 is 4.90 Å². The van der Waals surface area contributed by atoms with Crippen LogP contribution in [-0.4, -0.2) is 38.6 Å². The average Bonchev–Trinajstić information content (AvgIpc) is 2.34. The standard InChI is InChI=1S/C14H21N3/c1-4-17(10-6-9-16(2)3)14-8-5-7-13(11-14)12-15/h5,7-8,11H,4,6,9-10H2,1-3H3. The maximum Gasteiger partial charge on any atom is 0.0992 e. The van der Waals surface area contributed by atoms with Gasteiger partial charge < -0.3 is 9.80 Å². The zero-order valence-corrected chi connectivity index (χ0v) is 11.0. The van der Waals surface area contributed by atoms with Gasteiger partial charge in [-0.1, -0.05) is 6.07 Å². The molecular formula is C14H21N3. The number of anilines is 1. The number of benzene rings is 1. The van der Waals surface area contributed by atoms with E-state index in [0.717, 1.165) is 37.3 Å². The minimum Gasteiger partial charge on any atom is -0.372 e. The lowest BCUT2D eigenvalue weighted by molar-refractivity contribution is 0.400. The van der Waals surface area contributed by atoms with Crippen molar-refractivity contribution in [3.63, 3.8) is 0 Å². The summed E-state index contributed by atoms with van der Waals surface area (Å²) in [5.41, 5.74) is 1.87. The molecule has 0 N–H and O–H groups in total. The second-order valence-corrected chi connectivity index (χ2v) is 4.40. The Kier molecular flexibility index (Phi) is 5.51. The maximum atomic E-state index is 8.89. The van der Waals surface area contributed by atoms with E-state index in [1.165, 1.54) is 0 Å². The molecule has 0 amide bonds. The molecule has 0 aromatic heterocycles. The Balaban J connectivity index is 2.63. The van der Waals surface area contributed by atoms with Crippen LogP contribution in [0.1, 0.15) is 18.9 Å². The summed E-state index contributed by atoms with van der Waals surface area (Å²) >= 11 is 0. The summed E-state index contributed by atoms with van der Waals surface area (Å²) in [5.74, 6) is 0. The zero-order valence-electron chi connectivity index (χ0n) is 11.0. The highest BCUT2D eigenvalue weighted by atomic mass is 15.1. The molecule has 0 aliphatic rings. The number of nitrogens with zero attached hydrogens (tertiary/aromatic N) is 3. The fraction of sp³-hybridized carbons (Fsp3) is 0.500. The summed E-state index contributed by atoms with van der Waals surface area (Å²) in [7, 11) is 4.18. The minimum absolute atomic E-state index is 0.730. The van der Waals surface area contributed by atoms with Gasteiger partial charge in [-0.15, -0.1) is 0 Å². The van der Waals surface area contributed by atoms with Gasteiger partial charge in [0.15, 0.2) is 0 Å². The first kappa shape index (κ1) is 13.5. The first-order valence-electron chi connectivity index (χ1n) is 6.07. The van der Waals surface area contributed by atoms with E-state index in [4.69, 9.17) is 5.26 Å². The fourth-order valence-electron chi connectivity index (χ4n) is 1.82. The third-order valence-electron chi connectivity index (χ3n) is 2.76. The molecular weight excluding hydrogens is 210 g/mol. The lowest BCUT2D eigenvalue weighted by atomic mass is 10.2. The van der Waals surface area contributed by atoms with Crippen LogP contribution in [0.4, 0.5) is 5.69 Å². The third-order valence-corrected chi connectivity index (χ3v) is 2.76. The highest BCUT2D eigenvalue weighted by Gasteiger charge is 2.04. The summed E-state index contributed by atoms with van der Waals surface area (Å²) in [6.07, 6.45) is 1.14. The first-order chi connectivity index (χ1) is 8.17. The van der Waals surface area contributed by atoms with Crippen LogP contribution in [0.3, 0.4) is 0 Å². The molecule has 0 aliphatic heterocycles. The van der Waals surface area contributed by atoms with E-state index < -0.39 is 0 Å². The topological polar surface area (TPSA) is 30.3 Å². The monoisotopic (exact) mass is 231 g/mol. The summed E-state index contributed by atoms with van der Waals surface area (Å²) in [4.78, 5) is 4.50. The minimum atomic E-state index is 0.730. The van der Waals surface area contributed by atoms with Gasteiger partial charge in [0.25, 0.3) is 0 Å². The van der Waals surface area contributed by atoms with Gasteiger partial charge in [0, 0.05) is 18.8 Å². The van der Waals surface area contributed by atoms with Crippen LogP contribution in [0.15, 0.2) is 24.3 Å². The molecule has 1 aromatic carbocycles. The third kappa shape index (κ3) is 4.46. The van der Waals surface area contributed by atoms with Gasteiger partial charge in [0.05, 0.1) is 11.6 Å². The van der Waals surface area contributed by atoms with E-state index in [1.807, 2.05) is 18.2 Å². The second-order valence-electron chi connectivity index (χ2n) is 4.40. The van der Waals surface area contributed by atoms with E-state index in [2.05, 4.69) is 43.0 Å². The second kappa shape index (κ2) is 6.93. The van der Waals surface area contributed by atoms with Crippen molar-refractivity contribution in [2.45, 2.75) is 13.3 Å². The molecule has 3 nitrogen and oxygen atoms in total. The van der Waals surface area contributed by atoms with E-state index >= 15 is 0 Å². The van der Waals surface area contributed by atoms with Crippen LogP contribution in [0.2, 0.25) is 0 Å². The Morgan fingerprint density at radius 1 is 1.24 bits per heavy atom. The van der Waals surface area contributed by atoms with Crippen molar-refractivity contribution in [3.05, 3.63) is 29.8 Å². The Morgan fingerprint density at radius 2 is 2.00 bits per heavy atom. The summed E-state index contributed by atoms with van der Waals surface area (Å²) in [6.45, 7) is 5.25. The van der Waals surface area contributed by atoms with Gasteiger partial charge in [-0.2, -0.15) is 5.26 Å². The maximum absolute atomic E-state index is 8.89. The predicted molar refractivity (Wildman–Crippen MR) is 72.2 cm³/mol. The Bertz CT molecular complexity index is 379. The van der Waals surface area contributed by atoms with Crippen LogP contribution >= 0.6 is 0 Å². The SMILES string of the molecule is CCN(CCCN(C)C)c1cccc(C#N)c1. The normalized spacial score (nSPS) is 10.3. The van der Waals surface area contributed by atoms with Crippen molar-refractivity contribution < 1.29 is 0 Å². The molecule has 0 bridgehead atoms. The highest BCUT2D eigenvalue weighted by Crippen LogP contribution is 2.15. The number of nitriles is 1. The molecule has 0 spiro atoms. The van der Waals surface area contributed by atoms with Crippen molar-refractivity contribution in [1.29, 1.82) is 5.26 Å². The number of rotatable bonds is 6. The highest BCUT2D eigenvalue weighted by molar-refractivity contribution is 5.51. The molecule has 0 unspecified atom stereocenters. The summed E-state index contributed by atoms with van der Waals surface area (Å²) < 4.78 is 0. The molecule has 1 rings (SSSR count). The molecule has 0 heterocycles. The lowest BCUT2D eigenvalue weighted by Gasteiger charge is -2.24. The molecule has 17 heavy (non-hydrogen) atoms. The van der Waals surface area contributed by atoms with E-state index in [-0.39, 0.29) is 0 Å². The van der Waals surface area contributed by atoms with Gasteiger partial charge in [-0.25, -0.2) is 0 Å². The fourth-order valence-corrected chi connectivity index (χ4v) is 1.82. The molecule has 0 atom stereocenters. The predicted octanol–water partition coefficient (Wildman–Crippen LogP) is 2.34. The molecule has 0 fully saturated rings. The van der Waals surface area contributed by atoms with Gasteiger partial charge in [-0.3, -0.25) is 0 Å². The Hall–Kier alpha value is -1.53. The molecule has 3 heteroatoms. The molecule has 0 aliphatic carbocycles. The van der Waals surface area contributed by atoms with Crippen LogP contribution in [0, 0.1) is 11.3 Å². The van der Waals surface area contributed by atoms with E-state index in [0.29, 0.717) is 0 Å². The van der Waals surface area contributed by atoms with Crippen molar-refractivity contribution in [1.82, 2.24) is 4.90 Å². The Morgan fingerprint density at radius 3 is 2.59 bits per heavy atom. The van der Waals surface area contributed by atoms with E-state index in [1.54, 1.807) is 0 Å². The Labute approximate surface area is 104 Å². The quantitative estimate of drug-likeness (QED) is 0.753. The van der Waals surface area contributed by atoms with E-state index in [9.17, 15) is 0 Å². The zero-order chi connectivity index (χ0) is 12.7. The van der Waals surface area contributed by atoms with Crippen molar-refractivity contribution in [3.8, 4) is 6.07 Å². The van der Waals surface area contributed by atoms with Gasteiger partial charge in [0.1, 0.15) is 0 Å². The summed E-state index contributed by atoms with van der Waals surface area (Å²) in [6, 6.07) is 10.0. The lowest BCUT2D eigenvalue weighted by Crippen LogP contribution is -2.26. The van der Waals surface area contributed by atoms with Crippen LogP contribution in [-0.2, 0) is 0 Å². The van der Waals surface area contributed by atoms with Gasteiger partial charge >= 0.3 is 0 Å². The van der Waals surface area contributed by atoms with Gasteiger partial charge in [-0.05, 0) is 52.2 Å². The van der Waals surface area contributed by atoms with Crippen LogP contribution in [0.5, 0.6) is 0 Å². The molecule has 92 valence electrons. The smallest absolute Gasteiger partial charge is 0.0992 e. The molecule has 0 saturated heterocycles. The van der Waals surface area contributed by atoms with Crippen molar-refractivity contribution in [2.75, 3.05) is 38.6 Å². The van der Waals surface area contributed by atoms with Crippen molar-refractivity contribution in [2.24, 2.45) is 0 Å². The first-order valence-corrected chi connectivity index (χ1v) is 6.07. The van der Waals surface area contributed by atoms with Gasteiger partial charge in [0.2, 0.25) is 0 Å². The largest absolute Gasteiger partial charge is 0.372 e. The number of hydrogen-bond acceptors (Lipinski definition) is 3. The number of hydrogen-bond donors (Lipinski definition) is 0. The van der Waals surface area contributed by atoms with Crippen molar-refractivity contribution >= 4 is 5.69 Å². The summed E-state index contributed by atoms with van der Waals surface area (Å²) in [5, 5.41) is 8.89. The molecule has 1 aromatic rings.